The molecule has 0 aliphatic heterocycles. The van der Waals surface area contributed by atoms with E-state index in [1.165, 1.54) is 48.8 Å². The molecule has 8 nitrogen and oxygen atoms in total. The molecule has 0 aromatic heterocycles. The molecule has 0 saturated heterocycles. The van der Waals surface area contributed by atoms with Gasteiger partial charge in [-0.2, -0.15) is 0 Å². The Balaban J connectivity index is 0.000000142. The maximum atomic E-state index is 13.8. The lowest BCUT2D eigenvalue weighted by Crippen LogP contribution is -2.65. The topological polar surface area (TPSA) is 127 Å². The summed E-state index contributed by atoms with van der Waals surface area (Å²) in [6, 6.07) is 64.3. The zero-order valence-corrected chi connectivity index (χ0v) is 57.1. The largest absolute Gasteiger partial charge is 0.456 e. The third-order valence-electron chi connectivity index (χ3n) is 22.2. The summed E-state index contributed by atoms with van der Waals surface area (Å²) in [5.41, 5.74) is -2.46. The van der Waals surface area contributed by atoms with Gasteiger partial charge >= 0.3 is 11.9 Å². The average molecular weight is 1320 g/mol. The van der Waals surface area contributed by atoms with Gasteiger partial charge in [0.2, 0.25) is 0 Å². The monoisotopic (exact) mass is 1320 g/mol. The van der Waals surface area contributed by atoms with Gasteiger partial charge in [-0.25, -0.2) is 17.6 Å². The van der Waals surface area contributed by atoms with Gasteiger partial charge in [0.1, 0.15) is 11.6 Å². The van der Waals surface area contributed by atoms with E-state index in [1.807, 2.05) is 0 Å². The zero-order chi connectivity index (χ0) is 67.4. The number of hydrogen-bond donors (Lipinski definition) is 2. The van der Waals surface area contributed by atoms with Crippen molar-refractivity contribution in [1.82, 2.24) is 0 Å². The number of esters is 2. The first kappa shape index (κ1) is 70.5. The van der Waals surface area contributed by atoms with Gasteiger partial charge in [-0.1, -0.05) is 142 Å². The standard InChI is InChI=1S/C29H42F2O4.2C18H15S.C15H22F2O4/c1-16-11-12-27(4)19(13-16)14-23(32)26-21-9-8-20(28(21,5)24(33)15-22(26)27)17(2)7-10-25(34)35-18(3)29(6,30)31;2*1-4-10-16(11-5-1)19(17-12-6-2-7-13-17)18-14-8-3-9-15-18;1-9(12(2,16)17)21-11(18)13-3-10-4-14(19,6-13)8-15(20,5-10)7-13/h17-22,26H,1,7-15H2,2-6H3;2*1-15H;9-10,19-20H,3-8H2,1-2H3/q;2*+1;/t17?,18?,19-,20+,21-,22-,26-,27-,28+;;;/m0.../s1. The summed E-state index contributed by atoms with van der Waals surface area (Å²) in [6.45, 7) is 14.4. The molecule has 0 radical (unpaired) electrons. The summed E-state index contributed by atoms with van der Waals surface area (Å²) in [4.78, 5) is 60.2. The number of Topliss-reactive ketones (excluding diaryl/α,β-unsaturated/α-hetero) is 2. The summed E-state index contributed by atoms with van der Waals surface area (Å²) < 4.78 is 63.1. The fourth-order valence-corrected chi connectivity index (χ4v) is 21.7. The number of carbonyl (C=O) groups is 4. The molecule has 5 unspecified atom stereocenters. The molecular weight excluding hydrogens is 1230 g/mol. The lowest BCUT2D eigenvalue weighted by atomic mass is 9.43. The van der Waals surface area contributed by atoms with Crippen molar-refractivity contribution in [2.24, 2.45) is 57.7 Å². The molecule has 12 atom stereocenters. The molecule has 8 aliphatic carbocycles. The van der Waals surface area contributed by atoms with Crippen molar-refractivity contribution >= 4 is 45.3 Å². The Hall–Kier alpha value is -6.32. The van der Waals surface area contributed by atoms with Crippen LogP contribution in [0.15, 0.2) is 224 Å². The molecule has 2 N–H and O–H groups in total. The van der Waals surface area contributed by atoms with Crippen LogP contribution in [0.1, 0.15) is 145 Å². The van der Waals surface area contributed by atoms with Crippen LogP contribution in [0.4, 0.5) is 17.6 Å². The normalized spacial score (nSPS) is 29.9. The Bertz CT molecular complexity index is 3230. The third kappa shape index (κ3) is 15.6. The highest BCUT2D eigenvalue weighted by atomic mass is 32.2. The smallest absolute Gasteiger partial charge is 0.312 e. The van der Waals surface area contributed by atoms with E-state index < -0.39 is 58.0 Å². The Morgan fingerprint density at radius 2 is 0.979 bits per heavy atom. The maximum Gasteiger partial charge on any atom is 0.312 e. The molecule has 500 valence electrons. The first-order chi connectivity index (χ1) is 44.5. The number of fused-ring (bicyclic) bond motifs is 5. The van der Waals surface area contributed by atoms with Gasteiger partial charge in [0, 0.05) is 50.9 Å². The van der Waals surface area contributed by atoms with Crippen LogP contribution in [-0.4, -0.2) is 69.0 Å². The summed E-state index contributed by atoms with van der Waals surface area (Å²) in [6.07, 6.45) is 5.61. The molecule has 0 heterocycles. The van der Waals surface area contributed by atoms with Crippen LogP contribution in [0.2, 0.25) is 0 Å². The number of allylic oxidation sites excluding steroid dienone is 1. The maximum absolute atomic E-state index is 13.8. The van der Waals surface area contributed by atoms with E-state index in [0.29, 0.717) is 57.1 Å². The molecule has 8 saturated carbocycles. The van der Waals surface area contributed by atoms with Crippen LogP contribution in [0, 0.1) is 57.7 Å². The zero-order valence-electron chi connectivity index (χ0n) is 55.5. The lowest BCUT2D eigenvalue weighted by molar-refractivity contribution is -0.243. The van der Waals surface area contributed by atoms with E-state index in [1.54, 1.807) is 0 Å². The Labute approximate surface area is 559 Å². The number of aliphatic hydroxyl groups is 2. The predicted molar refractivity (Wildman–Crippen MR) is 362 cm³/mol. The average Bonchev–Trinajstić information content (AvgIpc) is 1.16. The first-order valence-electron chi connectivity index (χ1n) is 33.7. The van der Waals surface area contributed by atoms with Gasteiger partial charge in [0.25, 0.3) is 11.8 Å². The third-order valence-corrected chi connectivity index (χ3v) is 26.6. The van der Waals surface area contributed by atoms with E-state index in [-0.39, 0.29) is 94.2 Å². The summed E-state index contributed by atoms with van der Waals surface area (Å²) in [5, 5.41) is 21.1. The molecule has 0 amide bonds. The fourth-order valence-electron chi connectivity index (χ4n) is 17.5. The molecule has 4 bridgehead atoms. The molecule has 6 aromatic rings. The van der Waals surface area contributed by atoms with Gasteiger partial charge in [-0.3, -0.25) is 19.2 Å². The number of halogens is 4. The van der Waals surface area contributed by atoms with Crippen molar-refractivity contribution in [3.63, 3.8) is 0 Å². The second kappa shape index (κ2) is 28.8. The van der Waals surface area contributed by atoms with Crippen LogP contribution in [0.5, 0.6) is 0 Å². The molecule has 6 aromatic carbocycles. The molecule has 0 spiro atoms. The molecule has 8 fully saturated rings. The van der Waals surface area contributed by atoms with Crippen molar-refractivity contribution in [3.05, 3.63) is 194 Å². The van der Waals surface area contributed by atoms with Crippen LogP contribution in [0.25, 0.3) is 0 Å². The van der Waals surface area contributed by atoms with Crippen LogP contribution in [-0.2, 0) is 50.4 Å². The van der Waals surface area contributed by atoms with Crippen LogP contribution in [0.3, 0.4) is 0 Å². The minimum atomic E-state index is -3.11. The molecule has 14 heteroatoms. The van der Waals surface area contributed by atoms with Gasteiger partial charge in [-0.15, -0.1) is 0 Å². The predicted octanol–water partition coefficient (Wildman–Crippen LogP) is 18.1. The van der Waals surface area contributed by atoms with Gasteiger partial charge in [-0.05, 0) is 198 Å². The fraction of sp³-hybridized carbons (Fsp3) is 0.475. The highest BCUT2D eigenvalue weighted by molar-refractivity contribution is 7.97. The van der Waals surface area contributed by atoms with Gasteiger partial charge in [0.05, 0.1) is 38.4 Å². The van der Waals surface area contributed by atoms with Crippen LogP contribution >= 0.6 is 0 Å². The Kier molecular flexibility index (Phi) is 21.6. The summed E-state index contributed by atoms with van der Waals surface area (Å²) in [5.74, 6) is -6.26. The number of carbonyl (C=O) groups excluding carboxylic acids is 4. The van der Waals surface area contributed by atoms with Crippen molar-refractivity contribution in [2.45, 2.75) is 209 Å². The van der Waals surface area contributed by atoms with Gasteiger partial charge < -0.3 is 19.7 Å². The quantitative estimate of drug-likeness (QED) is 0.0450. The van der Waals surface area contributed by atoms with Crippen molar-refractivity contribution < 1.29 is 56.4 Å². The minimum Gasteiger partial charge on any atom is -0.456 e. The highest BCUT2D eigenvalue weighted by Gasteiger charge is 2.68. The second-order valence-corrected chi connectivity index (χ2v) is 33.0. The first-order valence-corrected chi connectivity index (χ1v) is 36.1. The van der Waals surface area contributed by atoms with E-state index in [9.17, 15) is 47.0 Å². The van der Waals surface area contributed by atoms with Gasteiger partial charge in [0.15, 0.2) is 41.6 Å². The summed E-state index contributed by atoms with van der Waals surface area (Å²) in [7, 11) is -0.0293. The Morgan fingerprint density at radius 1 is 0.574 bits per heavy atom. The Morgan fingerprint density at radius 3 is 1.37 bits per heavy atom. The van der Waals surface area contributed by atoms with E-state index in [0.717, 1.165) is 39.0 Å². The minimum absolute atomic E-state index is 0.0146. The van der Waals surface area contributed by atoms with Crippen LogP contribution < -0.4 is 0 Å². The van der Waals surface area contributed by atoms with E-state index in [2.05, 4.69) is 209 Å². The second-order valence-electron chi connectivity index (χ2n) is 29.0. The molecule has 14 rings (SSSR count). The molecular formula is C80H94F4O8S2+2. The summed E-state index contributed by atoms with van der Waals surface area (Å²) >= 11 is 0. The SMILES string of the molecule is C=C1CC[C@@]2(C)[C@@H](C1)CC(=O)[C@@H]1[C@@H]2CC(=O)[C@]2(C)[C@@H](C(C)CCC(=O)OC(C)C(C)(F)F)CC[C@@H]12.CC(OC(=O)C12CC3CC(O)(CC(O)(C3)C1)C2)C(C)(F)F.c1ccc([S+](c2ccccc2)c2ccccc2)cc1.c1ccc([S+](c2ccccc2)c2ccccc2)cc1. The number of rotatable bonds is 15. The lowest BCUT2D eigenvalue weighted by Gasteiger charge is -2.62. The van der Waals surface area contributed by atoms with E-state index >= 15 is 0 Å². The van der Waals surface area contributed by atoms with Crippen molar-refractivity contribution in [3.8, 4) is 0 Å². The van der Waals surface area contributed by atoms with Crippen molar-refractivity contribution in [2.75, 3.05) is 0 Å². The number of alkyl halides is 4. The van der Waals surface area contributed by atoms with Crippen molar-refractivity contribution in [1.29, 1.82) is 0 Å². The highest BCUT2D eigenvalue weighted by Crippen LogP contribution is 2.67. The molecule has 8 aliphatic rings. The number of ketones is 2. The number of benzene rings is 6. The van der Waals surface area contributed by atoms with E-state index in [4.69, 9.17) is 9.47 Å². The number of ether oxygens (including phenoxy) is 2. The molecule has 94 heavy (non-hydrogen) atoms. The number of hydrogen-bond acceptors (Lipinski definition) is 8.